The van der Waals surface area contributed by atoms with E-state index in [1.807, 2.05) is 49.4 Å². The van der Waals surface area contributed by atoms with E-state index in [2.05, 4.69) is 25.3 Å². The molecular weight excluding hydrogens is 326 g/mol. The molecule has 3 heterocycles. The van der Waals surface area contributed by atoms with Crippen LogP contribution in [0.4, 0.5) is 5.95 Å². The zero-order chi connectivity index (χ0) is 17.9. The zero-order valence-corrected chi connectivity index (χ0v) is 14.0. The summed E-state index contributed by atoms with van der Waals surface area (Å²) in [6.07, 6.45) is 3.30. The van der Waals surface area contributed by atoms with Crippen molar-refractivity contribution < 1.29 is 4.79 Å². The standard InChI is InChI=1S/C20H15N5O/c1-13-12-15(14-6-2-3-7-16(14)23-13)19(26)25-20-22-11-9-18(24-20)17-8-4-5-10-21-17/h2-12H,1H3,(H,22,24,25,26). The third-order valence-electron chi connectivity index (χ3n) is 3.90. The number of benzene rings is 1. The van der Waals surface area contributed by atoms with Crippen LogP contribution >= 0.6 is 0 Å². The molecule has 126 valence electrons. The predicted octanol–water partition coefficient (Wildman–Crippen LogP) is 3.65. The Hall–Kier alpha value is -3.67. The lowest BCUT2D eigenvalue weighted by Crippen LogP contribution is -2.15. The summed E-state index contributed by atoms with van der Waals surface area (Å²) in [6, 6.07) is 16.6. The van der Waals surface area contributed by atoms with Crippen LogP contribution in [0, 0.1) is 6.92 Å². The van der Waals surface area contributed by atoms with Crippen molar-refractivity contribution in [2.75, 3.05) is 5.32 Å². The van der Waals surface area contributed by atoms with Gasteiger partial charge in [0, 0.05) is 23.5 Å². The molecule has 0 saturated heterocycles. The van der Waals surface area contributed by atoms with Gasteiger partial charge in [-0.25, -0.2) is 9.97 Å². The Balaban J connectivity index is 1.67. The number of fused-ring (bicyclic) bond motifs is 1. The number of nitrogens with zero attached hydrogens (tertiary/aromatic N) is 4. The molecule has 1 amide bonds. The monoisotopic (exact) mass is 341 g/mol. The van der Waals surface area contributed by atoms with Gasteiger partial charge in [-0.3, -0.25) is 20.1 Å². The van der Waals surface area contributed by atoms with Crippen molar-refractivity contribution in [1.82, 2.24) is 19.9 Å². The number of aromatic nitrogens is 4. The molecule has 1 aromatic carbocycles. The number of carbonyl (C=O) groups excluding carboxylic acids is 1. The number of nitrogens with one attached hydrogen (secondary N) is 1. The predicted molar refractivity (Wildman–Crippen MR) is 99.7 cm³/mol. The molecule has 0 aliphatic heterocycles. The fourth-order valence-corrected chi connectivity index (χ4v) is 2.74. The van der Waals surface area contributed by atoms with E-state index in [1.54, 1.807) is 24.5 Å². The largest absolute Gasteiger partial charge is 0.290 e. The number of hydrogen-bond donors (Lipinski definition) is 1. The number of amides is 1. The molecule has 0 saturated carbocycles. The van der Waals surface area contributed by atoms with E-state index in [1.165, 1.54) is 0 Å². The van der Waals surface area contributed by atoms with Gasteiger partial charge in [0.2, 0.25) is 5.95 Å². The first kappa shape index (κ1) is 15.8. The second kappa shape index (κ2) is 6.68. The molecule has 0 aliphatic rings. The van der Waals surface area contributed by atoms with Crippen LogP contribution < -0.4 is 5.32 Å². The first-order chi connectivity index (χ1) is 12.7. The number of rotatable bonds is 3. The van der Waals surface area contributed by atoms with Crippen molar-refractivity contribution in [1.29, 1.82) is 0 Å². The molecule has 0 aliphatic carbocycles. The van der Waals surface area contributed by atoms with Gasteiger partial charge in [-0.2, -0.15) is 0 Å². The van der Waals surface area contributed by atoms with Crippen LogP contribution in [-0.2, 0) is 0 Å². The maximum Gasteiger partial charge on any atom is 0.258 e. The Morgan fingerprint density at radius 1 is 0.885 bits per heavy atom. The van der Waals surface area contributed by atoms with Crippen molar-refractivity contribution >= 4 is 22.8 Å². The highest BCUT2D eigenvalue weighted by atomic mass is 16.1. The molecule has 4 aromatic rings. The second-order valence-corrected chi connectivity index (χ2v) is 5.76. The molecule has 0 spiro atoms. The SMILES string of the molecule is Cc1cc(C(=O)Nc2nccc(-c3ccccn3)n2)c2ccccc2n1. The summed E-state index contributed by atoms with van der Waals surface area (Å²) in [5, 5.41) is 3.56. The van der Waals surface area contributed by atoms with Crippen molar-refractivity contribution in [3.63, 3.8) is 0 Å². The van der Waals surface area contributed by atoms with Crippen molar-refractivity contribution in [3.8, 4) is 11.4 Å². The van der Waals surface area contributed by atoms with Gasteiger partial charge >= 0.3 is 0 Å². The Bertz CT molecular complexity index is 1100. The normalized spacial score (nSPS) is 10.7. The van der Waals surface area contributed by atoms with Crippen LogP contribution in [0.1, 0.15) is 16.1 Å². The lowest BCUT2D eigenvalue weighted by molar-refractivity contribution is 0.102. The Labute approximate surface area is 150 Å². The molecule has 4 rings (SSSR count). The molecule has 0 unspecified atom stereocenters. The van der Waals surface area contributed by atoms with E-state index < -0.39 is 0 Å². The van der Waals surface area contributed by atoms with Crippen molar-refractivity contribution in [2.45, 2.75) is 6.92 Å². The van der Waals surface area contributed by atoms with Gasteiger partial charge < -0.3 is 0 Å². The number of anilines is 1. The minimum atomic E-state index is -0.273. The number of aryl methyl sites for hydroxylation is 1. The Kier molecular flexibility index (Phi) is 4.07. The van der Waals surface area contributed by atoms with Gasteiger partial charge in [-0.15, -0.1) is 0 Å². The van der Waals surface area contributed by atoms with E-state index in [-0.39, 0.29) is 11.9 Å². The Morgan fingerprint density at radius 2 is 1.73 bits per heavy atom. The second-order valence-electron chi connectivity index (χ2n) is 5.76. The molecule has 0 fully saturated rings. The summed E-state index contributed by atoms with van der Waals surface area (Å²) in [4.78, 5) is 30.1. The topological polar surface area (TPSA) is 80.7 Å². The van der Waals surface area contributed by atoms with E-state index in [4.69, 9.17) is 0 Å². The van der Waals surface area contributed by atoms with Gasteiger partial charge in [0.25, 0.3) is 5.91 Å². The minimum absolute atomic E-state index is 0.233. The highest BCUT2D eigenvalue weighted by Gasteiger charge is 2.14. The van der Waals surface area contributed by atoms with Crippen LogP contribution in [0.25, 0.3) is 22.3 Å². The van der Waals surface area contributed by atoms with Crippen LogP contribution in [0.15, 0.2) is 67.0 Å². The maximum atomic E-state index is 12.8. The minimum Gasteiger partial charge on any atom is -0.290 e. The zero-order valence-electron chi connectivity index (χ0n) is 14.0. The van der Waals surface area contributed by atoms with E-state index in [0.717, 1.165) is 22.3 Å². The van der Waals surface area contributed by atoms with E-state index in [0.29, 0.717) is 11.3 Å². The Morgan fingerprint density at radius 3 is 2.58 bits per heavy atom. The number of pyridine rings is 2. The molecule has 6 nitrogen and oxygen atoms in total. The van der Waals surface area contributed by atoms with Crippen LogP contribution in [0.3, 0.4) is 0 Å². The van der Waals surface area contributed by atoms with Crippen LogP contribution in [-0.4, -0.2) is 25.8 Å². The summed E-state index contributed by atoms with van der Waals surface area (Å²) in [5.41, 5.74) is 3.46. The summed E-state index contributed by atoms with van der Waals surface area (Å²) in [6.45, 7) is 1.86. The van der Waals surface area contributed by atoms with Gasteiger partial charge in [0.05, 0.1) is 22.5 Å². The summed E-state index contributed by atoms with van der Waals surface area (Å²) in [5.74, 6) is -0.0402. The molecular formula is C20H15N5O. The van der Waals surface area contributed by atoms with Gasteiger partial charge in [-0.1, -0.05) is 24.3 Å². The number of carbonyl (C=O) groups is 1. The molecule has 1 N–H and O–H groups in total. The van der Waals surface area contributed by atoms with E-state index in [9.17, 15) is 4.79 Å². The quantitative estimate of drug-likeness (QED) is 0.615. The van der Waals surface area contributed by atoms with Crippen LogP contribution in [0.2, 0.25) is 0 Å². The lowest BCUT2D eigenvalue weighted by atomic mass is 10.1. The molecule has 0 atom stereocenters. The fraction of sp³-hybridized carbons (Fsp3) is 0.0500. The third-order valence-corrected chi connectivity index (χ3v) is 3.90. The molecule has 26 heavy (non-hydrogen) atoms. The number of para-hydroxylation sites is 1. The van der Waals surface area contributed by atoms with Gasteiger partial charge in [0.1, 0.15) is 0 Å². The summed E-state index contributed by atoms with van der Waals surface area (Å²) in [7, 11) is 0. The molecule has 6 heteroatoms. The first-order valence-electron chi connectivity index (χ1n) is 8.13. The molecule has 0 bridgehead atoms. The first-order valence-corrected chi connectivity index (χ1v) is 8.13. The van der Waals surface area contributed by atoms with Crippen LogP contribution in [0.5, 0.6) is 0 Å². The average Bonchev–Trinajstić information content (AvgIpc) is 2.68. The van der Waals surface area contributed by atoms with Gasteiger partial charge in [0.15, 0.2) is 0 Å². The molecule has 3 aromatic heterocycles. The summed E-state index contributed by atoms with van der Waals surface area (Å²) >= 11 is 0. The third kappa shape index (κ3) is 3.12. The average molecular weight is 341 g/mol. The van der Waals surface area contributed by atoms with E-state index >= 15 is 0 Å². The fourth-order valence-electron chi connectivity index (χ4n) is 2.74. The summed E-state index contributed by atoms with van der Waals surface area (Å²) < 4.78 is 0. The lowest BCUT2D eigenvalue weighted by Gasteiger charge is -2.09. The van der Waals surface area contributed by atoms with Crippen molar-refractivity contribution in [2.24, 2.45) is 0 Å². The highest BCUT2D eigenvalue weighted by Crippen LogP contribution is 2.20. The highest BCUT2D eigenvalue weighted by molar-refractivity contribution is 6.11. The smallest absolute Gasteiger partial charge is 0.258 e. The number of hydrogen-bond acceptors (Lipinski definition) is 5. The van der Waals surface area contributed by atoms with Gasteiger partial charge in [-0.05, 0) is 37.3 Å². The maximum absolute atomic E-state index is 12.8. The van der Waals surface area contributed by atoms with Crippen molar-refractivity contribution in [3.05, 3.63) is 78.2 Å². The molecule has 0 radical (unpaired) electrons.